The van der Waals surface area contributed by atoms with E-state index in [9.17, 15) is 9.59 Å². The molecule has 26 heavy (non-hydrogen) atoms. The van der Waals surface area contributed by atoms with E-state index in [4.69, 9.17) is 23.2 Å². The largest absolute Gasteiger partial charge is 0.329 e. The number of hydrogen-bond donors (Lipinski definition) is 1. The Morgan fingerprint density at radius 3 is 2.77 bits per heavy atom. The summed E-state index contributed by atoms with van der Waals surface area (Å²) in [4.78, 5) is 31.2. The number of rotatable bonds is 5. The van der Waals surface area contributed by atoms with Gasteiger partial charge in [0.2, 0.25) is 0 Å². The topological polar surface area (TPSA) is 72.7 Å². The second kappa shape index (κ2) is 7.73. The number of aryl methyl sites for hydroxylation is 1. The van der Waals surface area contributed by atoms with E-state index >= 15 is 0 Å². The maximum Gasteiger partial charge on any atom is 0.329 e. The van der Waals surface area contributed by atoms with Gasteiger partial charge in [0, 0.05) is 22.9 Å². The Bertz CT molecular complexity index is 1110. The highest BCUT2D eigenvalue weighted by atomic mass is 35.5. The van der Waals surface area contributed by atoms with Gasteiger partial charge in [-0.3, -0.25) is 14.3 Å². The van der Waals surface area contributed by atoms with Gasteiger partial charge in [0.05, 0.1) is 6.54 Å². The first kappa shape index (κ1) is 18.8. The lowest BCUT2D eigenvalue weighted by Gasteiger charge is -2.09. The zero-order valence-corrected chi connectivity index (χ0v) is 16.5. The third-order valence-electron chi connectivity index (χ3n) is 3.84. The molecule has 0 saturated heterocycles. The predicted molar refractivity (Wildman–Crippen MR) is 106 cm³/mol. The Labute approximate surface area is 163 Å². The predicted octanol–water partition coefficient (Wildman–Crippen LogP) is 3.36. The number of hydrogen-bond acceptors (Lipinski definition) is 4. The Morgan fingerprint density at radius 2 is 2.08 bits per heavy atom. The molecule has 0 bridgehead atoms. The molecule has 2 heterocycles. The van der Waals surface area contributed by atoms with Gasteiger partial charge in [-0.2, -0.15) is 0 Å². The number of imidazole rings is 1. The molecule has 0 radical (unpaired) electrons. The van der Waals surface area contributed by atoms with Crippen molar-refractivity contribution >= 4 is 46.1 Å². The summed E-state index contributed by atoms with van der Waals surface area (Å²) in [5.41, 5.74) is 0.546. The van der Waals surface area contributed by atoms with Crippen LogP contribution in [0.25, 0.3) is 11.2 Å². The number of benzene rings is 1. The number of nitrogens with one attached hydrogen (secondary N) is 1. The molecular weight excluding hydrogens is 395 g/mol. The van der Waals surface area contributed by atoms with Crippen LogP contribution in [0.15, 0.2) is 50.1 Å². The number of thioether (sulfide) groups is 1. The van der Waals surface area contributed by atoms with Crippen molar-refractivity contribution in [1.82, 2.24) is 19.1 Å². The SMILES string of the molecule is C/C(Cl)=C/CSc1nc2c(c(=O)[nH]c(=O)n2C)n1Cc1ccccc1Cl. The van der Waals surface area contributed by atoms with Crippen molar-refractivity contribution < 1.29 is 0 Å². The molecule has 0 amide bonds. The van der Waals surface area contributed by atoms with Crippen LogP contribution in [0, 0.1) is 0 Å². The van der Waals surface area contributed by atoms with Crippen LogP contribution in [0.4, 0.5) is 0 Å². The molecular formula is C17H16Cl2N4O2S. The van der Waals surface area contributed by atoms with Gasteiger partial charge in [0.1, 0.15) is 0 Å². The van der Waals surface area contributed by atoms with E-state index in [2.05, 4.69) is 9.97 Å². The maximum atomic E-state index is 12.4. The molecule has 0 aliphatic heterocycles. The Morgan fingerprint density at radius 1 is 1.35 bits per heavy atom. The number of halogens is 2. The lowest BCUT2D eigenvalue weighted by atomic mass is 10.2. The molecule has 3 aromatic rings. The molecule has 3 rings (SSSR count). The van der Waals surface area contributed by atoms with Crippen molar-refractivity contribution in [2.75, 3.05) is 5.75 Å². The van der Waals surface area contributed by atoms with Crippen LogP contribution in [0.5, 0.6) is 0 Å². The summed E-state index contributed by atoms with van der Waals surface area (Å²) in [6.45, 7) is 2.16. The Balaban J connectivity index is 2.18. The fourth-order valence-corrected chi connectivity index (χ4v) is 3.81. The summed E-state index contributed by atoms with van der Waals surface area (Å²) in [7, 11) is 1.57. The highest BCUT2D eigenvalue weighted by Crippen LogP contribution is 2.25. The van der Waals surface area contributed by atoms with Crippen LogP contribution in [-0.4, -0.2) is 24.9 Å². The first-order chi connectivity index (χ1) is 12.4. The molecule has 0 aliphatic carbocycles. The fourth-order valence-electron chi connectivity index (χ4n) is 2.50. The number of fused-ring (bicyclic) bond motifs is 1. The van der Waals surface area contributed by atoms with E-state index in [0.29, 0.717) is 38.7 Å². The van der Waals surface area contributed by atoms with Gasteiger partial charge >= 0.3 is 5.69 Å². The first-order valence-electron chi connectivity index (χ1n) is 7.76. The average Bonchev–Trinajstić information content (AvgIpc) is 2.94. The van der Waals surface area contributed by atoms with E-state index in [-0.39, 0.29) is 0 Å². The van der Waals surface area contributed by atoms with Crippen molar-refractivity contribution in [2.24, 2.45) is 7.05 Å². The Kier molecular flexibility index (Phi) is 5.60. The fraction of sp³-hybridized carbons (Fsp3) is 0.235. The first-order valence-corrected chi connectivity index (χ1v) is 9.50. The maximum absolute atomic E-state index is 12.4. The van der Waals surface area contributed by atoms with E-state index < -0.39 is 11.2 Å². The van der Waals surface area contributed by atoms with Crippen LogP contribution in [-0.2, 0) is 13.6 Å². The van der Waals surface area contributed by atoms with Crippen LogP contribution in [0.1, 0.15) is 12.5 Å². The zero-order valence-electron chi connectivity index (χ0n) is 14.1. The molecule has 6 nitrogen and oxygen atoms in total. The minimum atomic E-state index is -0.502. The van der Waals surface area contributed by atoms with Crippen LogP contribution >= 0.6 is 35.0 Å². The van der Waals surface area contributed by atoms with Crippen molar-refractivity contribution in [2.45, 2.75) is 18.6 Å². The quantitative estimate of drug-likeness (QED) is 0.654. The summed E-state index contributed by atoms with van der Waals surface area (Å²) in [6, 6.07) is 7.41. The summed E-state index contributed by atoms with van der Waals surface area (Å²) >= 11 is 13.6. The van der Waals surface area contributed by atoms with Gasteiger partial charge in [-0.05, 0) is 18.6 Å². The van der Waals surface area contributed by atoms with Crippen molar-refractivity contribution in [3.63, 3.8) is 0 Å². The Hall–Kier alpha value is -1.96. The van der Waals surface area contributed by atoms with Crippen LogP contribution < -0.4 is 11.2 Å². The summed E-state index contributed by atoms with van der Waals surface area (Å²) in [6.07, 6.45) is 1.86. The monoisotopic (exact) mass is 410 g/mol. The summed E-state index contributed by atoms with van der Waals surface area (Å²) in [5, 5.41) is 1.89. The van der Waals surface area contributed by atoms with Gasteiger partial charge in [0.15, 0.2) is 16.3 Å². The van der Waals surface area contributed by atoms with Crippen molar-refractivity contribution in [3.8, 4) is 0 Å². The molecule has 0 atom stereocenters. The molecule has 9 heteroatoms. The number of allylic oxidation sites excluding steroid dienone is 1. The van der Waals surface area contributed by atoms with E-state index in [1.54, 1.807) is 24.6 Å². The minimum absolute atomic E-state index is 0.333. The van der Waals surface area contributed by atoms with Crippen molar-refractivity contribution in [3.05, 3.63) is 66.8 Å². The van der Waals surface area contributed by atoms with E-state index in [1.807, 2.05) is 24.3 Å². The standard InChI is InChI=1S/C17H16Cl2N4O2S/c1-10(18)7-8-26-17-20-14-13(15(24)21-16(25)22(14)2)23(17)9-11-5-3-4-6-12(11)19/h3-7H,8-9H2,1-2H3,(H,21,24,25)/b10-7-. The number of H-pyrrole nitrogens is 1. The molecule has 0 unspecified atom stereocenters. The molecule has 136 valence electrons. The van der Waals surface area contributed by atoms with Crippen LogP contribution in [0.2, 0.25) is 5.02 Å². The lowest BCUT2D eigenvalue weighted by molar-refractivity contribution is 0.728. The molecule has 2 aromatic heterocycles. The van der Waals surface area contributed by atoms with Crippen LogP contribution in [0.3, 0.4) is 0 Å². The van der Waals surface area contributed by atoms with Gasteiger partial charge in [-0.1, -0.05) is 59.2 Å². The second-order valence-electron chi connectivity index (χ2n) is 5.66. The third-order valence-corrected chi connectivity index (χ3v) is 5.26. The smallest absolute Gasteiger partial charge is 0.309 e. The number of nitrogens with zero attached hydrogens (tertiary/aromatic N) is 3. The highest BCUT2D eigenvalue weighted by Gasteiger charge is 2.18. The molecule has 0 spiro atoms. The van der Waals surface area contributed by atoms with Gasteiger partial charge in [-0.25, -0.2) is 9.78 Å². The third kappa shape index (κ3) is 3.75. The highest BCUT2D eigenvalue weighted by molar-refractivity contribution is 7.99. The molecule has 1 aromatic carbocycles. The summed E-state index contributed by atoms with van der Waals surface area (Å²) in [5.74, 6) is 0.590. The van der Waals surface area contributed by atoms with Crippen molar-refractivity contribution in [1.29, 1.82) is 0 Å². The molecule has 0 saturated carbocycles. The van der Waals surface area contributed by atoms with Gasteiger partial charge in [-0.15, -0.1) is 0 Å². The zero-order chi connectivity index (χ0) is 18.8. The number of aromatic nitrogens is 4. The molecule has 0 aliphatic rings. The van der Waals surface area contributed by atoms with E-state index in [1.165, 1.54) is 16.3 Å². The average molecular weight is 411 g/mol. The van der Waals surface area contributed by atoms with Gasteiger partial charge in [0.25, 0.3) is 5.56 Å². The minimum Gasteiger partial charge on any atom is -0.309 e. The molecule has 0 fully saturated rings. The molecule has 1 N–H and O–H groups in total. The normalized spacial score (nSPS) is 12.1. The van der Waals surface area contributed by atoms with E-state index in [0.717, 1.165) is 5.56 Å². The summed E-state index contributed by atoms with van der Waals surface area (Å²) < 4.78 is 3.10. The number of aromatic amines is 1. The van der Waals surface area contributed by atoms with Gasteiger partial charge < -0.3 is 4.57 Å². The lowest BCUT2D eigenvalue weighted by Crippen LogP contribution is -2.29. The second-order valence-corrected chi connectivity index (χ2v) is 7.65.